The topological polar surface area (TPSA) is 57.0 Å². The van der Waals surface area contributed by atoms with Crippen LogP contribution in [0.2, 0.25) is 0 Å². The lowest BCUT2D eigenvalue weighted by Gasteiger charge is -2.31. The molecule has 0 radical (unpaired) electrons. The van der Waals surface area contributed by atoms with Crippen molar-refractivity contribution >= 4 is 22.8 Å². The third kappa shape index (κ3) is 3.50. The fourth-order valence-corrected chi connectivity index (χ4v) is 4.14. The van der Waals surface area contributed by atoms with Gasteiger partial charge < -0.3 is 4.74 Å². The van der Waals surface area contributed by atoms with Crippen LogP contribution in [-0.4, -0.2) is 25.9 Å². The van der Waals surface area contributed by atoms with Crippen LogP contribution in [0.25, 0.3) is 16.7 Å². The van der Waals surface area contributed by atoms with Crippen LogP contribution in [0, 0.1) is 6.92 Å². The Morgan fingerprint density at radius 1 is 1.32 bits per heavy atom. The van der Waals surface area contributed by atoms with Gasteiger partial charge in [0.25, 0.3) is 5.56 Å². The summed E-state index contributed by atoms with van der Waals surface area (Å²) < 4.78 is 7.58. The highest BCUT2D eigenvalue weighted by Gasteiger charge is 2.28. The lowest BCUT2D eigenvalue weighted by molar-refractivity contribution is -0.0411. The fraction of sp³-hybridized carbons (Fsp3) is 0.318. The lowest BCUT2D eigenvalue weighted by Crippen LogP contribution is -2.33. The van der Waals surface area contributed by atoms with Crippen LogP contribution in [0.1, 0.15) is 30.7 Å². The van der Waals surface area contributed by atoms with Crippen LogP contribution < -0.4 is 5.56 Å². The number of pyridine rings is 1. The molecular weight excluding hydrogens is 370 g/mol. The molecule has 0 bridgehead atoms. The van der Waals surface area contributed by atoms with Gasteiger partial charge in [-0.05, 0) is 44.5 Å². The predicted molar refractivity (Wildman–Crippen MR) is 113 cm³/mol. The molecule has 5 nitrogen and oxygen atoms in total. The SMILES string of the molecule is C=CCSc1nc2nc3c(cc2c(=O)n1-c1cccc(C)c1)COC(C)(C)C3. The second-order valence-corrected chi connectivity index (χ2v) is 8.65. The summed E-state index contributed by atoms with van der Waals surface area (Å²) >= 11 is 1.48. The molecule has 144 valence electrons. The van der Waals surface area contributed by atoms with E-state index < -0.39 is 0 Å². The van der Waals surface area contributed by atoms with Crippen molar-refractivity contribution in [3.05, 3.63) is 70.2 Å². The van der Waals surface area contributed by atoms with E-state index in [-0.39, 0.29) is 11.2 Å². The molecule has 0 unspecified atom stereocenters. The maximum absolute atomic E-state index is 13.4. The van der Waals surface area contributed by atoms with Gasteiger partial charge in [-0.2, -0.15) is 0 Å². The highest BCUT2D eigenvalue weighted by molar-refractivity contribution is 7.99. The number of fused-ring (bicyclic) bond motifs is 2. The molecule has 1 aromatic carbocycles. The number of aromatic nitrogens is 3. The van der Waals surface area contributed by atoms with Crippen molar-refractivity contribution in [1.29, 1.82) is 0 Å². The average Bonchev–Trinajstić information content (AvgIpc) is 2.64. The maximum Gasteiger partial charge on any atom is 0.268 e. The van der Waals surface area contributed by atoms with E-state index in [1.807, 2.05) is 43.3 Å². The van der Waals surface area contributed by atoms with Crippen molar-refractivity contribution in [2.24, 2.45) is 0 Å². The van der Waals surface area contributed by atoms with Gasteiger partial charge in [-0.1, -0.05) is 30.0 Å². The van der Waals surface area contributed by atoms with Gasteiger partial charge in [0, 0.05) is 17.7 Å². The number of hydrogen-bond acceptors (Lipinski definition) is 5. The predicted octanol–water partition coefficient (Wildman–Crippen LogP) is 4.22. The lowest BCUT2D eigenvalue weighted by atomic mass is 9.95. The number of ether oxygens (including phenoxy) is 1. The van der Waals surface area contributed by atoms with Gasteiger partial charge >= 0.3 is 0 Å². The number of hydrogen-bond donors (Lipinski definition) is 0. The van der Waals surface area contributed by atoms with E-state index in [9.17, 15) is 4.79 Å². The Morgan fingerprint density at radius 3 is 2.89 bits per heavy atom. The first kappa shape index (κ1) is 18.9. The summed E-state index contributed by atoms with van der Waals surface area (Å²) in [5.41, 5.74) is 3.95. The van der Waals surface area contributed by atoms with Crippen LogP contribution >= 0.6 is 11.8 Å². The zero-order valence-electron chi connectivity index (χ0n) is 16.4. The standard InChI is InChI=1S/C22H23N3O2S/c1-5-9-28-21-24-19-17(11-15-13-27-22(3,4)12-18(15)23-19)20(26)25(21)16-8-6-7-14(2)10-16/h5-8,10-11H,1,9,12-13H2,2-4H3. The first-order valence-corrected chi connectivity index (χ1v) is 10.3. The van der Waals surface area contributed by atoms with Crippen LogP contribution in [0.3, 0.4) is 0 Å². The largest absolute Gasteiger partial charge is 0.370 e. The molecule has 6 heteroatoms. The summed E-state index contributed by atoms with van der Waals surface area (Å²) in [5.74, 6) is 0.662. The molecule has 0 saturated carbocycles. The molecule has 1 aliphatic heterocycles. The summed E-state index contributed by atoms with van der Waals surface area (Å²) in [6.07, 6.45) is 2.51. The highest BCUT2D eigenvalue weighted by Crippen LogP contribution is 2.29. The first-order valence-electron chi connectivity index (χ1n) is 9.28. The molecular formula is C22H23N3O2S. The maximum atomic E-state index is 13.4. The van der Waals surface area contributed by atoms with E-state index in [1.54, 1.807) is 4.57 Å². The van der Waals surface area contributed by atoms with Crippen molar-refractivity contribution in [3.8, 4) is 5.69 Å². The number of nitrogens with zero attached hydrogens (tertiary/aromatic N) is 3. The Hall–Kier alpha value is -2.44. The van der Waals surface area contributed by atoms with Crippen LogP contribution in [0.5, 0.6) is 0 Å². The van der Waals surface area contributed by atoms with Crippen molar-refractivity contribution < 1.29 is 4.74 Å². The molecule has 0 N–H and O–H groups in total. The number of aryl methyl sites for hydroxylation is 1. The van der Waals surface area contributed by atoms with E-state index in [0.717, 1.165) is 22.5 Å². The smallest absolute Gasteiger partial charge is 0.268 e. The monoisotopic (exact) mass is 393 g/mol. The summed E-state index contributed by atoms with van der Waals surface area (Å²) in [5, 5.41) is 1.15. The molecule has 0 atom stereocenters. The van der Waals surface area contributed by atoms with Gasteiger partial charge in [0.15, 0.2) is 10.8 Å². The third-order valence-electron chi connectivity index (χ3n) is 4.80. The van der Waals surface area contributed by atoms with Gasteiger partial charge in [0.05, 0.1) is 29.0 Å². The van der Waals surface area contributed by atoms with E-state index in [1.165, 1.54) is 11.8 Å². The Labute approximate surface area is 168 Å². The minimum Gasteiger partial charge on any atom is -0.370 e. The number of rotatable bonds is 4. The first-order chi connectivity index (χ1) is 13.4. The van der Waals surface area contributed by atoms with Crippen LogP contribution in [0.4, 0.5) is 0 Å². The second-order valence-electron chi connectivity index (χ2n) is 7.66. The highest BCUT2D eigenvalue weighted by atomic mass is 32.2. The molecule has 0 fully saturated rings. The van der Waals surface area contributed by atoms with Crippen molar-refractivity contribution in [3.63, 3.8) is 0 Å². The molecule has 3 heterocycles. The van der Waals surface area contributed by atoms with Crippen LogP contribution in [0.15, 0.2) is 52.9 Å². The zero-order valence-corrected chi connectivity index (χ0v) is 17.2. The van der Waals surface area contributed by atoms with Crippen molar-refractivity contribution in [2.45, 2.75) is 44.6 Å². The average molecular weight is 394 g/mol. The van der Waals surface area contributed by atoms with E-state index in [4.69, 9.17) is 14.7 Å². The van der Waals surface area contributed by atoms with E-state index in [0.29, 0.717) is 35.0 Å². The van der Waals surface area contributed by atoms with Gasteiger partial charge in [0.1, 0.15) is 0 Å². The fourth-order valence-electron chi connectivity index (χ4n) is 3.40. The number of benzene rings is 1. The van der Waals surface area contributed by atoms with Gasteiger partial charge in [-0.15, -0.1) is 6.58 Å². The Kier molecular flexibility index (Phi) is 4.85. The molecule has 2 aromatic heterocycles. The number of thioether (sulfide) groups is 1. The van der Waals surface area contributed by atoms with E-state index >= 15 is 0 Å². The third-order valence-corrected chi connectivity index (χ3v) is 5.73. The Morgan fingerprint density at radius 2 is 2.14 bits per heavy atom. The molecule has 0 aliphatic carbocycles. The second kappa shape index (κ2) is 7.18. The quantitative estimate of drug-likeness (QED) is 0.377. The Balaban J connectivity index is 1.96. The molecule has 0 saturated heterocycles. The summed E-state index contributed by atoms with van der Waals surface area (Å²) in [6.45, 7) is 10.4. The minimum atomic E-state index is -0.259. The summed E-state index contributed by atoms with van der Waals surface area (Å²) in [6, 6.07) is 9.78. The van der Waals surface area contributed by atoms with Crippen molar-refractivity contribution in [1.82, 2.24) is 14.5 Å². The van der Waals surface area contributed by atoms with Gasteiger partial charge in [-0.25, -0.2) is 9.97 Å². The molecule has 3 aromatic rings. The van der Waals surface area contributed by atoms with Gasteiger partial charge in [0.2, 0.25) is 0 Å². The molecule has 4 rings (SSSR count). The van der Waals surface area contributed by atoms with E-state index in [2.05, 4.69) is 20.4 Å². The summed E-state index contributed by atoms with van der Waals surface area (Å²) in [7, 11) is 0. The summed E-state index contributed by atoms with van der Waals surface area (Å²) in [4.78, 5) is 23.0. The molecule has 0 amide bonds. The zero-order chi connectivity index (χ0) is 19.9. The molecule has 0 spiro atoms. The Bertz CT molecular complexity index is 1130. The minimum absolute atomic E-state index is 0.109. The van der Waals surface area contributed by atoms with Crippen molar-refractivity contribution in [2.75, 3.05) is 5.75 Å². The molecule has 28 heavy (non-hydrogen) atoms. The molecule has 1 aliphatic rings. The normalized spacial score (nSPS) is 15.4. The van der Waals surface area contributed by atoms with Crippen LogP contribution in [-0.2, 0) is 17.8 Å². The van der Waals surface area contributed by atoms with Gasteiger partial charge in [-0.3, -0.25) is 9.36 Å².